The number of methoxy groups -OCH3 is 2. The lowest BCUT2D eigenvalue weighted by Crippen LogP contribution is -2.45. The van der Waals surface area contributed by atoms with Crippen molar-refractivity contribution in [3.05, 3.63) is 106 Å². The summed E-state index contributed by atoms with van der Waals surface area (Å²) in [5, 5.41) is 2.90. The van der Waals surface area contributed by atoms with E-state index in [4.69, 9.17) is 9.47 Å². The number of fused-ring (bicyclic) bond motifs is 1. The van der Waals surface area contributed by atoms with Crippen LogP contribution in [0.1, 0.15) is 22.4 Å². The fourth-order valence-electron chi connectivity index (χ4n) is 4.51. The van der Waals surface area contributed by atoms with E-state index in [2.05, 4.69) is 10.3 Å². The number of carbonyl (C=O) groups excluding carboxylic acids is 2. The Bertz CT molecular complexity index is 1480. The number of aromatic nitrogens is 2. The van der Waals surface area contributed by atoms with Gasteiger partial charge in [0.2, 0.25) is 0 Å². The second-order valence-electron chi connectivity index (χ2n) is 8.50. The van der Waals surface area contributed by atoms with Crippen molar-refractivity contribution in [2.45, 2.75) is 19.0 Å². The molecule has 3 heterocycles. The average Bonchev–Trinajstić information content (AvgIpc) is 3.15. The molecule has 1 aliphatic heterocycles. The zero-order valence-electron chi connectivity index (χ0n) is 20.0. The largest absolute Gasteiger partial charge is 0.497 e. The Balaban J connectivity index is 1.59. The molecule has 36 heavy (non-hydrogen) atoms. The number of amides is 3. The summed E-state index contributed by atoms with van der Waals surface area (Å²) in [6.07, 6.45) is 1.63. The van der Waals surface area contributed by atoms with Crippen LogP contribution in [-0.4, -0.2) is 40.4 Å². The Labute approximate surface area is 206 Å². The third kappa shape index (κ3) is 3.65. The van der Waals surface area contributed by atoms with Crippen LogP contribution in [0.5, 0.6) is 11.5 Å². The molecular formula is C27H24N4O5. The Kier molecular flexibility index (Phi) is 5.68. The predicted octanol–water partition coefficient (Wildman–Crippen LogP) is 3.02. The molecule has 4 aromatic rings. The fourth-order valence-corrected chi connectivity index (χ4v) is 4.51. The maximum Gasteiger partial charge on any atom is 0.325 e. The number of hydrogen-bond acceptors (Lipinski definition) is 6. The second kappa shape index (κ2) is 8.84. The van der Waals surface area contributed by atoms with E-state index in [0.29, 0.717) is 34.0 Å². The van der Waals surface area contributed by atoms with Crippen molar-refractivity contribution in [1.29, 1.82) is 0 Å². The van der Waals surface area contributed by atoms with E-state index in [9.17, 15) is 14.4 Å². The summed E-state index contributed by atoms with van der Waals surface area (Å²) in [7, 11) is 3.11. The molecule has 9 nitrogen and oxygen atoms in total. The molecule has 0 unspecified atom stereocenters. The van der Waals surface area contributed by atoms with Gasteiger partial charge in [-0.1, -0.05) is 30.3 Å². The molecule has 0 spiro atoms. The van der Waals surface area contributed by atoms with Crippen molar-refractivity contribution in [2.75, 3.05) is 14.2 Å². The highest BCUT2D eigenvalue weighted by atomic mass is 16.5. The minimum absolute atomic E-state index is 0.154. The zero-order chi connectivity index (χ0) is 25.4. The van der Waals surface area contributed by atoms with Crippen LogP contribution >= 0.6 is 0 Å². The van der Waals surface area contributed by atoms with Crippen LogP contribution in [0, 0.1) is 6.92 Å². The van der Waals surface area contributed by atoms with Crippen LogP contribution in [0.25, 0.3) is 5.65 Å². The van der Waals surface area contributed by atoms with Crippen LogP contribution in [0.15, 0.2) is 77.7 Å². The first-order valence-electron chi connectivity index (χ1n) is 11.3. The van der Waals surface area contributed by atoms with Crippen molar-refractivity contribution in [2.24, 2.45) is 0 Å². The Hall–Kier alpha value is -4.66. The van der Waals surface area contributed by atoms with Gasteiger partial charge in [-0.25, -0.2) is 9.78 Å². The number of benzene rings is 2. The average molecular weight is 485 g/mol. The molecule has 1 saturated heterocycles. The van der Waals surface area contributed by atoms with E-state index in [1.807, 2.05) is 13.0 Å². The summed E-state index contributed by atoms with van der Waals surface area (Å²) in [5.74, 6) is 0.761. The molecular weight excluding hydrogens is 460 g/mol. The van der Waals surface area contributed by atoms with Gasteiger partial charge in [0, 0.05) is 12.3 Å². The summed E-state index contributed by atoms with van der Waals surface area (Å²) in [4.78, 5) is 45.6. The van der Waals surface area contributed by atoms with Gasteiger partial charge in [-0.3, -0.25) is 18.9 Å². The Morgan fingerprint density at radius 3 is 2.03 bits per heavy atom. The summed E-state index contributed by atoms with van der Waals surface area (Å²) >= 11 is 0. The minimum Gasteiger partial charge on any atom is -0.497 e. The molecule has 5 rings (SSSR count). The monoisotopic (exact) mass is 484 g/mol. The number of nitrogens with one attached hydrogen (secondary N) is 1. The molecule has 0 saturated carbocycles. The van der Waals surface area contributed by atoms with E-state index < -0.39 is 17.5 Å². The van der Waals surface area contributed by atoms with Crippen LogP contribution in [-0.2, 0) is 16.9 Å². The molecule has 9 heteroatoms. The molecule has 182 valence electrons. The first kappa shape index (κ1) is 23.1. The molecule has 1 aliphatic rings. The van der Waals surface area contributed by atoms with Gasteiger partial charge in [-0.05, 0) is 53.9 Å². The topological polar surface area (TPSA) is 102 Å². The van der Waals surface area contributed by atoms with Crippen molar-refractivity contribution in [3.63, 3.8) is 0 Å². The van der Waals surface area contributed by atoms with Crippen molar-refractivity contribution in [1.82, 2.24) is 19.6 Å². The predicted molar refractivity (Wildman–Crippen MR) is 132 cm³/mol. The zero-order valence-corrected chi connectivity index (χ0v) is 20.0. The van der Waals surface area contributed by atoms with E-state index in [0.717, 1.165) is 10.5 Å². The third-order valence-corrected chi connectivity index (χ3v) is 6.41. The lowest BCUT2D eigenvalue weighted by Gasteiger charge is -2.28. The highest BCUT2D eigenvalue weighted by Crippen LogP contribution is 2.38. The number of nitrogens with zero attached hydrogens (tertiary/aromatic N) is 3. The molecule has 2 aromatic carbocycles. The molecule has 0 bridgehead atoms. The van der Waals surface area contributed by atoms with E-state index >= 15 is 0 Å². The number of rotatable bonds is 6. The van der Waals surface area contributed by atoms with E-state index in [1.54, 1.807) is 75.0 Å². The molecule has 0 atom stereocenters. The van der Waals surface area contributed by atoms with Gasteiger partial charge < -0.3 is 14.8 Å². The molecule has 1 N–H and O–H groups in total. The van der Waals surface area contributed by atoms with Gasteiger partial charge in [0.05, 0.1) is 26.5 Å². The number of ether oxygens (including phenoxy) is 2. The molecule has 0 radical (unpaired) electrons. The number of hydrogen-bond donors (Lipinski definition) is 1. The quantitative estimate of drug-likeness (QED) is 0.422. The van der Waals surface area contributed by atoms with Crippen molar-refractivity contribution < 1.29 is 19.1 Å². The molecule has 3 amide bonds. The van der Waals surface area contributed by atoms with Crippen molar-refractivity contribution >= 4 is 17.6 Å². The summed E-state index contributed by atoms with van der Waals surface area (Å²) in [5.41, 5.74) is 0.967. The van der Waals surface area contributed by atoms with Gasteiger partial charge in [0.15, 0.2) is 5.54 Å². The maximum absolute atomic E-state index is 14.0. The summed E-state index contributed by atoms with van der Waals surface area (Å²) < 4.78 is 12.0. The lowest BCUT2D eigenvalue weighted by atomic mass is 9.82. The van der Waals surface area contributed by atoms with Crippen LogP contribution < -0.4 is 20.3 Å². The minimum atomic E-state index is -1.47. The SMILES string of the molecule is COc1ccc(C2(c3ccc(OC)cc3)NC(=O)N(Cc3cc(=O)n4cccc(C)c4n3)C2=O)cc1. The van der Waals surface area contributed by atoms with E-state index in [-0.39, 0.29) is 12.1 Å². The van der Waals surface area contributed by atoms with Gasteiger partial charge >= 0.3 is 6.03 Å². The van der Waals surface area contributed by atoms with Gasteiger partial charge in [0.1, 0.15) is 17.1 Å². The summed E-state index contributed by atoms with van der Waals surface area (Å²) in [6, 6.07) is 18.3. The van der Waals surface area contributed by atoms with Crippen molar-refractivity contribution in [3.8, 4) is 11.5 Å². The molecule has 2 aromatic heterocycles. The first-order valence-corrected chi connectivity index (χ1v) is 11.3. The molecule has 1 fully saturated rings. The number of pyridine rings is 1. The number of imide groups is 1. The molecule has 0 aliphatic carbocycles. The third-order valence-electron chi connectivity index (χ3n) is 6.41. The maximum atomic E-state index is 14.0. The standard InChI is InChI=1S/C27H24N4O5/c1-17-5-4-14-30-23(32)15-20(28-24(17)30)16-31-25(33)27(29-26(31)34,18-6-10-21(35-2)11-7-18)19-8-12-22(36-3)13-9-19/h4-15H,16H2,1-3H3,(H,29,34). The van der Waals surface area contributed by atoms with Crippen LogP contribution in [0.3, 0.4) is 0 Å². The van der Waals surface area contributed by atoms with Gasteiger partial charge in [-0.15, -0.1) is 0 Å². The second-order valence-corrected chi connectivity index (χ2v) is 8.50. The lowest BCUT2D eigenvalue weighted by molar-refractivity contribution is -0.130. The number of aryl methyl sites for hydroxylation is 1. The normalized spacial score (nSPS) is 14.7. The van der Waals surface area contributed by atoms with Gasteiger partial charge in [0.25, 0.3) is 11.5 Å². The first-order chi connectivity index (χ1) is 17.4. The Morgan fingerprint density at radius 1 is 0.889 bits per heavy atom. The summed E-state index contributed by atoms with van der Waals surface area (Å²) in [6.45, 7) is 1.69. The highest BCUT2D eigenvalue weighted by Gasteiger charge is 2.53. The smallest absolute Gasteiger partial charge is 0.325 e. The highest BCUT2D eigenvalue weighted by molar-refractivity contribution is 6.09. The van der Waals surface area contributed by atoms with Crippen LogP contribution in [0.4, 0.5) is 4.79 Å². The fraction of sp³-hybridized carbons (Fsp3) is 0.185. The number of urea groups is 1. The number of carbonyl (C=O) groups is 2. The Morgan fingerprint density at radius 2 is 1.47 bits per heavy atom. The van der Waals surface area contributed by atoms with Crippen LogP contribution in [0.2, 0.25) is 0 Å². The van der Waals surface area contributed by atoms with E-state index in [1.165, 1.54) is 10.5 Å². The van der Waals surface area contributed by atoms with Gasteiger partial charge in [-0.2, -0.15) is 0 Å².